The van der Waals surface area contributed by atoms with Gasteiger partial charge in [0.05, 0.1) is 12.2 Å². The highest BCUT2D eigenvalue weighted by Gasteiger charge is 2.64. The first-order valence-electron chi connectivity index (χ1n) is 20.2. The molecule has 1 aromatic carbocycles. The van der Waals surface area contributed by atoms with E-state index in [-0.39, 0.29) is 48.2 Å². The molecule has 0 amide bonds. The highest BCUT2D eigenvalue weighted by atomic mass is 16.7. The third-order valence-corrected chi connectivity index (χ3v) is 13.9. The second-order valence-electron chi connectivity index (χ2n) is 17.0. The van der Waals surface area contributed by atoms with Gasteiger partial charge in [-0.3, -0.25) is 14.4 Å². The highest BCUT2D eigenvalue weighted by molar-refractivity contribution is 5.92. The quantitative estimate of drug-likeness (QED) is 0.0830. The smallest absolute Gasteiger partial charge is 0.481 e. The van der Waals surface area contributed by atoms with Crippen LogP contribution in [0.1, 0.15) is 103 Å². The summed E-state index contributed by atoms with van der Waals surface area (Å²) in [6, 6.07) is 9.74. The van der Waals surface area contributed by atoms with Crippen LogP contribution in [-0.2, 0) is 30.3 Å². The molecule has 6 rings (SSSR count). The zero-order chi connectivity index (χ0) is 39.4. The number of carboxylic acid groups (broad SMARTS) is 1. The Morgan fingerprint density at radius 2 is 1.80 bits per heavy atom. The van der Waals surface area contributed by atoms with E-state index in [2.05, 4.69) is 13.0 Å². The number of aryl methyl sites for hydroxylation is 1. The number of fused-ring (bicyclic) bond motifs is 5. The first-order chi connectivity index (χ1) is 26.2. The fourth-order valence-corrected chi connectivity index (χ4v) is 10.6. The Morgan fingerprint density at radius 1 is 1.02 bits per heavy atom. The predicted molar refractivity (Wildman–Crippen MR) is 206 cm³/mol. The minimum atomic E-state index is -1.66. The largest absolute Gasteiger partial charge is 0.509 e. The van der Waals surface area contributed by atoms with Gasteiger partial charge >= 0.3 is 12.1 Å². The minimum absolute atomic E-state index is 0.0881. The first kappa shape index (κ1) is 40.8. The third kappa shape index (κ3) is 8.61. The van der Waals surface area contributed by atoms with Gasteiger partial charge < -0.3 is 29.9 Å². The maximum atomic E-state index is 13.8. The van der Waals surface area contributed by atoms with Gasteiger partial charge in [-0.05, 0) is 106 Å². The fourth-order valence-electron chi connectivity index (χ4n) is 10.6. The van der Waals surface area contributed by atoms with Crippen molar-refractivity contribution in [3.05, 3.63) is 83.5 Å². The normalized spacial score (nSPS) is 34.7. The number of hydrogen-bond donors (Lipinski definition) is 4. The number of hydrogen-bond acceptors (Lipinski definition) is 9. The summed E-state index contributed by atoms with van der Waals surface area (Å²) in [5, 5.41) is 42.5. The number of ketones is 2. The van der Waals surface area contributed by atoms with Crippen LogP contribution in [0.15, 0.2) is 77.9 Å². The van der Waals surface area contributed by atoms with E-state index in [0.29, 0.717) is 51.4 Å². The number of ether oxygens (including phenoxy) is 2. The average Bonchev–Trinajstić information content (AvgIpc) is 3.60. The summed E-state index contributed by atoms with van der Waals surface area (Å²) in [6.45, 7) is 3.62. The van der Waals surface area contributed by atoms with Crippen LogP contribution in [0.5, 0.6) is 0 Å². The lowest BCUT2D eigenvalue weighted by Gasteiger charge is -2.54. The number of allylic oxidation sites excluding steroid dienone is 6. The van der Waals surface area contributed by atoms with E-state index in [9.17, 15) is 34.5 Å². The number of carbonyl (C=O) groups excluding carboxylic acids is 3. The van der Waals surface area contributed by atoms with Crippen molar-refractivity contribution < 1.29 is 49.1 Å². The maximum absolute atomic E-state index is 13.8. The second kappa shape index (κ2) is 17.1. The van der Waals surface area contributed by atoms with Crippen molar-refractivity contribution in [1.29, 1.82) is 0 Å². The van der Waals surface area contributed by atoms with Crippen LogP contribution in [0.3, 0.4) is 0 Å². The number of carboxylic acids is 1. The van der Waals surface area contributed by atoms with E-state index in [4.69, 9.17) is 14.6 Å². The van der Waals surface area contributed by atoms with Gasteiger partial charge in [0, 0.05) is 36.0 Å². The van der Waals surface area contributed by atoms with Gasteiger partial charge in [-0.1, -0.05) is 79.6 Å². The number of carbonyl (C=O) groups is 4. The number of aliphatic carboxylic acids is 1. The van der Waals surface area contributed by atoms with Crippen LogP contribution < -0.4 is 0 Å². The van der Waals surface area contributed by atoms with Gasteiger partial charge in [0.15, 0.2) is 12.4 Å². The summed E-state index contributed by atoms with van der Waals surface area (Å²) in [5.74, 6) is -1.53. The number of rotatable bonds is 15. The Kier molecular flexibility index (Phi) is 12.7. The summed E-state index contributed by atoms with van der Waals surface area (Å²) in [6.07, 6.45) is 15.6. The monoisotopic (exact) mass is 758 g/mol. The van der Waals surface area contributed by atoms with Crippen LogP contribution in [0.25, 0.3) is 0 Å². The van der Waals surface area contributed by atoms with Crippen molar-refractivity contribution in [3.63, 3.8) is 0 Å². The van der Waals surface area contributed by atoms with E-state index in [1.807, 2.05) is 55.5 Å². The number of unbranched alkanes of at least 4 members (excludes halogenated alkanes) is 1. The van der Waals surface area contributed by atoms with Crippen molar-refractivity contribution >= 4 is 23.7 Å². The molecule has 0 bridgehead atoms. The molecule has 5 aliphatic carbocycles. The summed E-state index contributed by atoms with van der Waals surface area (Å²) < 4.78 is 11.2. The summed E-state index contributed by atoms with van der Waals surface area (Å²) >= 11 is 0. The number of Topliss-reactive ketones (excluding diaryl/α,β-unsaturated/α-hetero) is 1. The molecule has 3 saturated carbocycles. The lowest BCUT2D eigenvalue weighted by Crippen LogP contribution is -2.55. The van der Waals surface area contributed by atoms with Crippen LogP contribution in [0.2, 0.25) is 0 Å². The Bertz CT molecular complexity index is 1710. The lowest BCUT2D eigenvalue weighted by molar-refractivity contribution is -0.156. The molecular formula is C45H58O10. The maximum Gasteiger partial charge on any atom is 0.509 e. The number of aliphatic hydroxyl groups is 3. The molecule has 298 valence electrons. The second-order valence-corrected chi connectivity index (χ2v) is 17.0. The molecule has 55 heavy (non-hydrogen) atoms. The van der Waals surface area contributed by atoms with E-state index < -0.39 is 59.8 Å². The summed E-state index contributed by atoms with van der Waals surface area (Å²) in [7, 11) is 0. The fraction of sp³-hybridized carbons (Fsp3) is 0.600. The molecule has 0 spiro atoms. The minimum Gasteiger partial charge on any atom is -0.481 e. The third-order valence-electron chi connectivity index (χ3n) is 13.9. The highest BCUT2D eigenvalue weighted by Crippen LogP contribution is 2.65. The zero-order valence-electron chi connectivity index (χ0n) is 32.2. The van der Waals surface area contributed by atoms with Crippen LogP contribution >= 0.6 is 0 Å². The molecular weight excluding hydrogens is 700 g/mol. The molecule has 1 aromatic rings. The Hall–Kier alpha value is -3.86. The van der Waals surface area contributed by atoms with Gasteiger partial charge in [-0.15, -0.1) is 0 Å². The van der Waals surface area contributed by atoms with Crippen molar-refractivity contribution in [2.75, 3.05) is 6.61 Å². The Balaban J connectivity index is 1.09. The van der Waals surface area contributed by atoms with E-state index >= 15 is 0 Å². The van der Waals surface area contributed by atoms with E-state index in [1.165, 1.54) is 11.1 Å². The standard InChI is InChI=1S/C45H58O10/c1-43-23-20-31(46)26-30(43)15-18-35-36(43)21-24-44(2)37(35)22-25-45(44,53)40(49)28-54-42(52)55-32(16-14-29-10-6-5-7-11-29)17-19-34-33(38(47)27-39(34)48)12-8-3-4-9-13-41(50)51/h3,5-8,10-11,17,19,21,26,32-35,37-39,47-48,53H,4,9,12-16,18,20,22-25,27-28H2,1-2H3,(H,50,51)/b8-3-,19-17+/t32-,33+,34+,35-,37+,38-,39+,43?,44?,45+/m1/s1. The van der Waals surface area contributed by atoms with Gasteiger partial charge in [-0.2, -0.15) is 0 Å². The number of benzene rings is 1. The molecule has 0 aliphatic heterocycles. The Morgan fingerprint density at radius 3 is 2.56 bits per heavy atom. The summed E-state index contributed by atoms with van der Waals surface area (Å²) in [5.41, 5.74) is 1.07. The van der Waals surface area contributed by atoms with E-state index in [1.54, 1.807) is 12.2 Å². The van der Waals surface area contributed by atoms with Gasteiger partial charge in [0.2, 0.25) is 5.78 Å². The van der Waals surface area contributed by atoms with Gasteiger partial charge in [0.25, 0.3) is 0 Å². The van der Waals surface area contributed by atoms with E-state index in [0.717, 1.165) is 24.8 Å². The molecule has 10 atom stereocenters. The molecule has 0 radical (unpaired) electrons. The summed E-state index contributed by atoms with van der Waals surface area (Å²) in [4.78, 5) is 50.1. The van der Waals surface area contributed by atoms with Crippen molar-refractivity contribution in [2.24, 2.45) is 34.5 Å². The SMILES string of the molecule is CC12CCC(=O)C=C1CC[C@@H]1C2=CCC2(C)[C@H]1CC[C@]2(O)C(=O)COC(=O)O[C@@H](/C=C/[C@H]1[C@H](C/C=C\CCCC(=O)O)[C@H](O)C[C@@H]1O)CCc1ccccc1. The number of aliphatic hydroxyl groups excluding tert-OH is 2. The Labute approximate surface area is 324 Å². The lowest BCUT2D eigenvalue weighted by atomic mass is 9.50. The zero-order valence-corrected chi connectivity index (χ0v) is 32.2. The van der Waals surface area contributed by atoms with Crippen LogP contribution in [-0.4, -0.2) is 74.6 Å². The topological polar surface area (TPSA) is 168 Å². The molecule has 0 saturated heterocycles. The van der Waals surface area contributed by atoms with Crippen molar-refractivity contribution in [2.45, 2.75) is 128 Å². The molecule has 5 aliphatic rings. The van der Waals surface area contributed by atoms with Crippen molar-refractivity contribution in [1.82, 2.24) is 0 Å². The molecule has 4 N–H and O–H groups in total. The molecule has 10 heteroatoms. The molecule has 2 unspecified atom stereocenters. The average molecular weight is 759 g/mol. The van der Waals surface area contributed by atoms with Gasteiger partial charge in [0.1, 0.15) is 11.7 Å². The van der Waals surface area contributed by atoms with Gasteiger partial charge in [-0.25, -0.2) is 4.79 Å². The van der Waals surface area contributed by atoms with Crippen LogP contribution in [0, 0.1) is 34.5 Å². The molecule has 0 aromatic heterocycles. The van der Waals surface area contributed by atoms with Crippen LogP contribution in [0.4, 0.5) is 4.79 Å². The molecule has 0 heterocycles. The molecule has 3 fully saturated rings. The predicted octanol–water partition coefficient (Wildman–Crippen LogP) is 7.01. The van der Waals surface area contributed by atoms with Crippen molar-refractivity contribution in [3.8, 4) is 0 Å². The first-order valence-corrected chi connectivity index (χ1v) is 20.2. The molecule has 10 nitrogen and oxygen atoms in total.